The third kappa shape index (κ3) is 4.85. The highest BCUT2D eigenvalue weighted by Crippen LogP contribution is 2.09. The first-order valence-electron chi connectivity index (χ1n) is 7.34. The van der Waals surface area contributed by atoms with E-state index in [0.717, 1.165) is 44.8 Å². The summed E-state index contributed by atoms with van der Waals surface area (Å²) >= 11 is 0. The number of carbonyl (C=O) groups is 1. The number of amides is 1. The van der Waals surface area contributed by atoms with Gasteiger partial charge in [0.25, 0.3) is 5.91 Å². The molecule has 1 fully saturated rings. The minimum Gasteiger partial charge on any atom is -0.379 e. The molecule has 1 amide bonds. The number of morpholine rings is 1. The molecule has 1 aliphatic rings. The average molecular weight is 287 g/mol. The van der Waals surface area contributed by atoms with Gasteiger partial charge in [0.1, 0.15) is 0 Å². The quantitative estimate of drug-likeness (QED) is 0.799. The maximum Gasteiger partial charge on any atom is 0.251 e. The van der Waals surface area contributed by atoms with E-state index in [1.165, 1.54) is 0 Å². The summed E-state index contributed by atoms with van der Waals surface area (Å²) in [4.78, 5) is 14.5. The number of hydrogen-bond acceptors (Lipinski definition) is 4. The minimum absolute atomic E-state index is 0.0946. The molecule has 1 aromatic carbocycles. The molecule has 0 aliphatic carbocycles. The Morgan fingerprint density at radius 1 is 1.33 bits per heavy atom. The third-order valence-corrected chi connectivity index (χ3v) is 3.57. The minimum atomic E-state index is -0.0946. The van der Waals surface area contributed by atoms with E-state index in [1.54, 1.807) is 6.07 Å². The lowest BCUT2D eigenvalue weighted by Gasteiger charge is -2.26. The Balaban J connectivity index is 1.75. The largest absolute Gasteiger partial charge is 0.379 e. The Labute approximate surface area is 125 Å². The van der Waals surface area contributed by atoms with Gasteiger partial charge in [-0.25, -0.2) is 0 Å². The van der Waals surface area contributed by atoms with E-state index in [9.17, 15) is 4.79 Å². The number of hydrogen-bond donors (Lipinski definition) is 1. The first-order chi connectivity index (χ1) is 10.3. The molecule has 0 aromatic heterocycles. The molecule has 2 rings (SSSR count). The predicted molar refractivity (Wildman–Crippen MR) is 80.0 cm³/mol. The van der Waals surface area contributed by atoms with Gasteiger partial charge < -0.3 is 10.1 Å². The molecule has 0 spiro atoms. The zero-order chi connectivity index (χ0) is 14.9. The molecule has 0 radical (unpaired) electrons. The van der Waals surface area contributed by atoms with Gasteiger partial charge in [-0.3, -0.25) is 9.69 Å². The molecular formula is C16H21N3O2. The summed E-state index contributed by atoms with van der Waals surface area (Å²) in [6.45, 7) is 5.17. The highest BCUT2D eigenvalue weighted by atomic mass is 16.5. The molecule has 1 N–H and O–H groups in total. The van der Waals surface area contributed by atoms with Gasteiger partial charge in [-0.05, 0) is 24.6 Å². The molecule has 1 saturated heterocycles. The van der Waals surface area contributed by atoms with Crippen molar-refractivity contribution in [2.75, 3.05) is 39.4 Å². The third-order valence-electron chi connectivity index (χ3n) is 3.57. The van der Waals surface area contributed by atoms with E-state index in [-0.39, 0.29) is 12.3 Å². The fourth-order valence-corrected chi connectivity index (χ4v) is 2.41. The molecule has 1 aliphatic heterocycles. The Morgan fingerprint density at radius 2 is 2.10 bits per heavy atom. The van der Waals surface area contributed by atoms with E-state index in [2.05, 4.69) is 16.3 Å². The standard InChI is InChI=1S/C16H21N3O2/c17-7-6-14-4-1-2-5-15(14)16(20)18-8-3-9-19-10-12-21-13-11-19/h1-2,4-5H,3,6,8-13H2,(H,18,20). The van der Waals surface area contributed by atoms with Gasteiger partial charge >= 0.3 is 0 Å². The number of rotatable bonds is 6. The molecule has 1 heterocycles. The van der Waals surface area contributed by atoms with Crippen molar-refractivity contribution < 1.29 is 9.53 Å². The van der Waals surface area contributed by atoms with Crippen molar-refractivity contribution in [3.05, 3.63) is 35.4 Å². The van der Waals surface area contributed by atoms with E-state index >= 15 is 0 Å². The van der Waals surface area contributed by atoms with Crippen LogP contribution in [0.3, 0.4) is 0 Å². The topological polar surface area (TPSA) is 65.4 Å². The number of ether oxygens (including phenoxy) is 1. The highest BCUT2D eigenvalue weighted by molar-refractivity contribution is 5.95. The fraction of sp³-hybridized carbons (Fsp3) is 0.500. The van der Waals surface area contributed by atoms with Crippen molar-refractivity contribution >= 4 is 5.91 Å². The molecule has 0 atom stereocenters. The second-order valence-corrected chi connectivity index (χ2v) is 5.06. The van der Waals surface area contributed by atoms with E-state index in [4.69, 9.17) is 10.00 Å². The Kier molecular flexibility index (Phi) is 6.20. The average Bonchev–Trinajstić information content (AvgIpc) is 2.53. The van der Waals surface area contributed by atoms with Crippen LogP contribution in [0.2, 0.25) is 0 Å². The smallest absolute Gasteiger partial charge is 0.251 e. The highest BCUT2D eigenvalue weighted by Gasteiger charge is 2.11. The normalized spacial score (nSPS) is 15.4. The molecule has 0 saturated carbocycles. The molecule has 5 heteroatoms. The second kappa shape index (κ2) is 8.40. The summed E-state index contributed by atoms with van der Waals surface area (Å²) in [6, 6.07) is 9.36. The van der Waals surface area contributed by atoms with Gasteiger partial charge in [-0.15, -0.1) is 0 Å². The van der Waals surface area contributed by atoms with Crippen molar-refractivity contribution in [3.63, 3.8) is 0 Å². The van der Waals surface area contributed by atoms with Crippen LogP contribution in [-0.2, 0) is 11.2 Å². The van der Waals surface area contributed by atoms with Crippen molar-refractivity contribution in [3.8, 4) is 6.07 Å². The fourth-order valence-electron chi connectivity index (χ4n) is 2.41. The molecule has 21 heavy (non-hydrogen) atoms. The number of nitrogens with zero attached hydrogens (tertiary/aromatic N) is 2. The van der Waals surface area contributed by atoms with Gasteiger partial charge in [-0.2, -0.15) is 5.26 Å². The Morgan fingerprint density at radius 3 is 2.86 bits per heavy atom. The molecular weight excluding hydrogens is 266 g/mol. The first-order valence-corrected chi connectivity index (χ1v) is 7.34. The van der Waals surface area contributed by atoms with E-state index in [0.29, 0.717) is 12.1 Å². The van der Waals surface area contributed by atoms with Crippen LogP contribution in [0, 0.1) is 11.3 Å². The van der Waals surface area contributed by atoms with Gasteiger partial charge in [-0.1, -0.05) is 18.2 Å². The van der Waals surface area contributed by atoms with Crippen LogP contribution >= 0.6 is 0 Å². The van der Waals surface area contributed by atoms with Crippen LogP contribution in [0.15, 0.2) is 24.3 Å². The number of nitrogens with one attached hydrogen (secondary N) is 1. The molecule has 5 nitrogen and oxygen atoms in total. The number of nitriles is 1. The van der Waals surface area contributed by atoms with Crippen LogP contribution in [0.5, 0.6) is 0 Å². The summed E-state index contributed by atoms with van der Waals surface area (Å²) in [5.41, 5.74) is 1.39. The van der Waals surface area contributed by atoms with Gasteiger partial charge in [0.15, 0.2) is 0 Å². The summed E-state index contributed by atoms with van der Waals surface area (Å²) in [7, 11) is 0. The van der Waals surface area contributed by atoms with Gasteiger partial charge in [0.2, 0.25) is 0 Å². The maximum atomic E-state index is 12.1. The lowest BCUT2D eigenvalue weighted by molar-refractivity contribution is 0.0374. The first kappa shape index (κ1) is 15.5. The van der Waals surface area contributed by atoms with Crippen LogP contribution in [-0.4, -0.2) is 50.2 Å². The van der Waals surface area contributed by atoms with Crippen LogP contribution < -0.4 is 5.32 Å². The van der Waals surface area contributed by atoms with Gasteiger partial charge in [0, 0.05) is 25.2 Å². The summed E-state index contributed by atoms with van der Waals surface area (Å²) in [5.74, 6) is -0.0946. The lowest BCUT2D eigenvalue weighted by atomic mass is 10.0. The Hall–Kier alpha value is -1.90. The van der Waals surface area contributed by atoms with Crippen LogP contribution in [0.4, 0.5) is 0 Å². The van der Waals surface area contributed by atoms with Crippen molar-refractivity contribution in [1.29, 1.82) is 5.26 Å². The van der Waals surface area contributed by atoms with E-state index in [1.807, 2.05) is 18.2 Å². The van der Waals surface area contributed by atoms with Crippen LogP contribution in [0.1, 0.15) is 22.3 Å². The SMILES string of the molecule is N#CCc1ccccc1C(=O)NCCCN1CCOCC1. The van der Waals surface area contributed by atoms with E-state index < -0.39 is 0 Å². The predicted octanol–water partition coefficient (Wildman–Crippen LogP) is 1.20. The monoisotopic (exact) mass is 287 g/mol. The summed E-state index contributed by atoms with van der Waals surface area (Å²) < 4.78 is 5.30. The van der Waals surface area contributed by atoms with Crippen molar-refractivity contribution in [1.82, 2.24) is 10.2 Å². The zero-order valence-electron chi connectivity index (χ0n) is 12.2. The Bertz CT molecular complexity index is 504. The molecule has 1 aromatic rings. The van der Waals surface area contributed by atoms with Crippen LogP contribution in [0.25, 0.3) is 0 Å². The van der Waals surface area contributed by atoms with Crippen molar-refractivity contribution in [2.45, 2.75) is 12.8 Å². The maximum absolute atomic E-state index is 12.1. The molecule has 112 valence electrons. The van der Waals surface area contributed by atoms with Gasteiger partial charge in [0.05, 0.1) is 25.7 Å². The van der Waals surface area contributed by atoms with Crippen molar-refractivity contribution in [2.24, 2.45) is 0 Å². The molecule has 0 unspecified atom stereocenters. The summed E-state index contributed by atoms with van der Waals surface area (Å²) in [5, 5.41) is 11.7. The number of benzene rings is 1. The zero-order valence-corrected chi connectivity index (χ0v) is 12.2. The lowest BCUT2D eigenvalue weighted by Crippen LogP contribution is -2.38. The number of carbonyl (C=O) groups excluding carboxylic acids is 1. The summed E-state index contributed by atoms with van der Waals surface area (Å²) in [6.07, 6.45) is 1.18. The molecule has 0 bridgehead atoms. The second-order valence-electron chi connectivity index (χ2n) is 5.06.